The van der Waals surface area contributed by atoms with Crippen molar-refractivity contribution in [2.45, 2.75) is 46.5 Å². The first-order valence-electron chi connectivity index (χ1n) is 8.30. The second-order valence-electron chi connectivity index (χ2n) is 6.58. The van der Waals surface area contributed by atoms with Gasteiger partial charge in [-0.1, -0.05) is 20.8 Å². The molecule has 0 bridgehead atoms. The van der Waals surface area contributed by atoms with Crippen LogP contribution in [0.5, 0.6) is 0 Å². The van der Waals surface area contributed by atoms with Crippen LogP contribution in [0.2, 0.25) is 0 Å². The maximum atomic E-state index is 12.6. The summed E-state index contributed by atoms with van der Waals surface area (Å²) in [5.41, 5.74) is 0. The molecular formula is C15H33N3O2S. The number of nitrogens with zero attached hydrogens (tertiary/aromatic N) is 2. The van der Waals surface area contributed by atoms with Crippen LogP contribution in [0, 0.1) is 11.8 Å². The molecule has 21 heavy (non-hydrogen) atoms. The molecular weight excluding hydrogens is 286 g/mol. The highest BCUT2D eigenvalue weighted by molar-refractivity contribution is 7.86. The van der Waals surface area contributed by atoms with E-state index in [1.165, 1.54) is 4.31 Å². The van der Waals surface area contributed by atoms with Crippen LogP contribution in [0.3, 0.4) is 0 Å². The fourth-order valence-electron chi connectivity index (χ4n) is 2.64. The lowest BCUT2D eigenvalue weighted by Gasteiger charge is -2.34. The van der Waals surface area contributed by atoms with Gasteiger partial charge in [-0.2, -0.15) is 17.0 Å². The van der Waals surface area contributed by atoms with E-state index in [9.17, 15) is 8.42 Å². The summed E-state index contributed by atoms with van der Waals surface area (Å²) < 4.78 is 28.4. The van der Waals surface area contributed by atoms with E-state index in [2.05, 4.69) is 26.1 Å². The lowest BCUT2D eigenvalue weighted by molar-refractivity contribution is 0.245. The van der Waals surface area contributed by atoms with E-state index in [0.29, 0.717) is 31.5 Å². The van der Waals surface area contributed by atoms with E-state index in [-0.39, 0.29) is 0 Å². The first kappa shape index (κ1) is 18.9. The van der Waals surface area contributed by atoms with Crippen LogP contribution in [-0.4, -0.2) is 56.8 Å². The maximum absolute atomic E-state index is 12.6. The molecule has 0 amide bonds. The highest BCUT2D eigenvalue weighted by Gasteiger charge is 2.31. The molecule has 5 nitrogen and oxygen atoms in total. The highest BCUT2D eigenvalue weighted by atomic mass is 32.2. The smallest absolute Gasteiger partial charge is 0.281 e. The molecule has 1 aliphatic heterocycles. The molecule has 1 heterocycles. The monoisotopic (exact) mass is 319 g/mol. The quantitative estimate of drug-likeness (QED) is 0.661. The van der Waals surface area contributed by atoms with Gasteiger partial charge in [0.15, 0.2) is 0 Å². The summed E-state index contributed by atoms with van der Waals surface area (Å²) in [5.74, 6) is 0.966. The summed E-state index contributed by atoms with van der Waals surface area (Å²) in [6.45, 7) is 10.3. The van der Waals surface area contributed by atoms with E-state index in [4.69, 9.17) is 0 Å². The maximum Gasteiger partial charge on any atom is 0.281 e. The number of hydrogen-bond acceptors (Lipinski definition) is 3. The van der Waals surface area contributed by atoms with Crippen molar-refractivity contribution >= 4 is 10.2 Å². The molecule has 0 spiro atoms. The molecule has 1 N–H and O–H groups in total. The molecule has 1 fully saturated rings. The zero-order valence-corrected chi connectivity index (χ0v) is 15.0. The number of rotatable bonds is 9. The number of hydrogen-bond donors (Lipinski definition) is 1. The molecule has 1 atom stereocenters. The summed E-state index contributed by atoms with van der Waals surface area (Å²) in [4.78, 5) is 0. The molecule has 1 unspecified atom stereocenters. The lowest BCUT2D eigenvalue weighted by Crippen LogP contribution is -2.48. The van der Waals surface area contributed by atoms with Crippen molar-refractivity contribution in [1.82, 2.24) is 13.9 Å². The normalized spacial score (nSPS) is 21.3. The molecule has 0 aromatic carbocycles. The van der Waals surface area contributed by atoms with Gasteiger partial charge in [0.1, 0.15) is 0 Å². The van der Waals surface area contributed by atoms with Crippen LogP contribution in [0.4, 0.5) is 0 Å². The Balaban J connectivity index is 2.53. The third-order valence-electron chi connectivity index (χ3n) is 4.08. The highest BCUT2D eigenvalue weighted by Crippen LogP contribution is 2.20. The first-order chi connectivity index (χ1) is 9.87. The fraction of sp³-hybridized carbons (Fsp3) is 1.00. The van der Waals surface area contributed by atoms with Crippen LogP contribution in [0.25, 0.3) is 0 Å². The van der Waals surface area contributed by atoms with Crippen molar-refractivity contribution in [2.24, 2.45) is 11.8 Å². The van der Waals surface area contributed by atoms with E-state index in [0.717, 1.165) is 38.8 Å². The van der Waals surface area contributed by atoms with E-state index >= 15 is 0 Å². The van der Waals surface area contributed by atoms with E-state index in [1.807, 2.05) is 0 Å². The SMILES string of the molecule is CCCNCC1CCCN(S(=O)(=O)N(C)CCC(C)C)C1. The minimum absolute atomic E-state index is 0.443. The van der Waals surface area contributed by atoms with Crippen molar-refractivity contribution in [1.29, 1.82) is 0 Å². The second-order valence-corrected chi connectivity index (χ2v) is 8.62. The Morgan fingerprint density at radius 1 is 1.38 bits per heavy atom. The first-order valence-corrected chi connectivity index (χ1v) is 9.69. The average molecular weight is 320 g/mol. The van der Waals surface area contributed by atoms with Gasteiger partial charge in [-0.3, -0.25) is 0 Å². The summed E-state index contributed by atoms with van der Waals surface area (Å²) >= 11 is 0. The van der Waals surface area contributed by atoms with Crippen LogP contribution >= 0.6 is 0 Å². The Labute approximate surface area is 131 Å². The zero-order valence-electron chi connectivity index (χ0n) is 14.1. The lowest BCUT2D eigenvalue weighted by atomic mass is 10.00. The van der Waals surface area contributed by atoms with Crippen molar-refractivity contribution < 1.29 is 8.42 Å². The molecule has 1 saturated heterocycles. The van der Waals surface area contributed by atoms with Crippen LogP contribution in [0.15, 0.2) is 0 Å². The van der Waals surface area contributed by atoms with Crippen LogP contribution < -0.4 is 5.32 Å². The van der Waals surface area contributed by atoms with Gasteiger partial charge in [0, 0.05) is 26.7 Å². The van der Waals surface area contributed by atoms with Crippen molar-refractivity contribution in [3.63, 3.8) is 0 Å². The standard InChI is InChI=1S/C15H33N3O2S/c1-5-9-16-12-15-7-6-10-18(13-15)21(19,20)17(4)11-8-14(2)3/h14-16H,5-13H2,1-4H3. The summed E-state index contributed by atoms with van der Waals surface area (Å²) in [6, 6.07) is 0. The topological polar surface area (TPSA) is 52.7 Å². The van der Waals surface area contributed by atoms with Gasteiger partial charge in [-0.25, -0.2) is 0 Å². The van der Waals surface area contributed by atoms with E-state index in [1.54, 1.807) is 11.4 Å². The predicted molar refractivity (Wildman–Crippen MR) is 88.5 cm³/mol. The molecule has 1 rings (SSSR count). The fourth-order valence-corrected chi connectivity index (χ4v) is 4.13. The molecule has 126 valence electrons. The number of piperidine rings is 1. The predicted octanol–water partition coefficient (Wildman–Crippen LogP) is 1.92. The van der Waals surface area contributed by atoms with Crippen molar-refractivity contribution in [2.75, 3.05) is 39.8 Å². The Kier molecular flexibility index (Phi) is 8.16. The zero-order chi connectivity index (χ0) is 15.9. The molecule has 1 aliphatic rings. The van der Waals surface area contributed by atoms with Gasteiger partial charge in [0.2, 0.25) is 0 Å². The third kappa shape index (κ3) is 6.22. The molecule has 0 saturated carbocycles. The average Bonchev–Trinajstić information content (AvgIpc) is 2.45. The van der Waals surface area contributed by atoms with Crippen LogP contribution in [0.1, 0.15) is 46.5 Å². The van der Waals surface area contributed by atoms with E-state index < -0.39 is 10.2 Å². The van der Waals surface area contributed by atoms with Gasteiger partial charge < -0.3 is 5.32 Å². The molecule has 0 aromatic rings. The Morgan fingerprint density at radius 2 is 2.10 bits per heavy atom. The van der Waals surface area contributed by atoms with Gasteiger partial charge in [0.05, 0.1) is 0 Å². The minimum atomic E-state index is -3.28. The Bertz CT molecular complexity index is 384. The van der Waals surface area contributed by atoms with Gasteiger partial charge >= 0.3 is 0 Å². The second kappa shape index (κ2) is 9.08. The molecule has 0 radical (unpaired) electrons. The Morgan fingerprint density at radius 3 is 2.71 bits per heavy atom. The largest absolute Gasteiger partial charge is 0.316 e. The van der Waals surface area contributed by atoms with Crippen LogP contribution in [-0.2, 0) is 10.2 Å². The number of nitrogens with one attached hydrogen (secondary N) is 1. The summed E-state index contributed by atoms with van der Waals surface area (Å²) in [6.07, 6.45) is 4.12. The van der Waals surface area contributed by atoms with Gasteiger partial charge in [-0.05, 0) is 50.6 Å². The molecule has 0 aromatic heterocycles. The third-order valence-corrected chi connectivity index (χ3v) is 6.04. The summed E-state index contributed by atoms with van der Waals surface area (Å²) in [5, 5.41) is 3.41. The minimum Gasteiger partial charge on any atom is -0.316 e. The summed E-state index contributed by atoms with van der Waals surface area (Å²) in [7, 11) is -1.58. The molecule has 6 heteroatoms. The van der Waals surface area contributed by atoms with Gasteiger partial charge in [-0.15, -0.1) is 0 Å². The molecule has 0 aliphatic carbocycles. The van der Waals surface area contributed by atoms with Gasteiger partial charge in [0.25, 0.3) is 10.2 Å². The Hall–Kier alpha value is -0.170. The van der Waals surface area contributed by atoms with Crippen molar-refractivity contribution in [3.8, 4) is 0 Å². The van der Waals surface area contributed by atoms with Crippen molar-refractivity contribution in [3.05, 3.63) is 0 Å².